The maximum Gasteiger partial charge on any atom is 0.407 e. The molecule has 8 nitrogen and oxygen atoms in total. The number of ether oxygens (including phenoxy) is 1. The number of carbonyl (C=O) groups excluding carboxylic acids is 3. The highest BCUT2D eigenvalue weighted by molar-refractivity contribution is 5.96. The zero-order valence-corrected chi connectivity index (χ0v) is 16.4. The second-order valence-electron chi connectivity index (χ2n) is 7.67. The molecule has 0 saturated carbocycles. The van der Waals surface area contributed by atoms with Crippen molar-refractivity contribution in [3.05, 3.63) is 35.4 Å². The minimum Gasteiger partial charge on any atom is -0.444 e. The summed E-state index contributed by atoms with van der Waals surface area (Å²) in [5, 5.41) is 14.2. The Kier molecular flexibility index (Phi) is 6.99. The molecule has 150 valence electrons. The predicted molar refractivity (Wildman–Crippen MR) is 102 cm³/mol. The molecule has 0 radical (unpaired) electrons. The van der Waals surface area contributed by atoms with E-state index in [1.807, 2.05) is 6.07 Å². The van der Waals surface area contributed by atoms with Gasteiger partial charge in [0, 0.05) is 24.7 Å². The van der Waals surface area contributed by atoms with Gasteiger partial charge in [0.05, 0.1) is 18.2 Å². The zero-order valence-electron chi connectivity index (χ0n) is 16.4. The Morgan fingerprint density at radius 2 is 1.79 bits per heavy atom. The van der Waals surface area contributed by atoms with Crippen LogP contribution in [0.2, 0.25) is 0 Å². The Morgan fingerprint density at radius 3 is 2.32 bits per heavy atom. The molecule has 2 N–H and O–H groups in total. The summed E-state index contributed by atoms with van der Waals surface area (Å²) in [6, 6.07) is 8.16. The van der Waals surface area contributed by atoms with Crippen molar-refractivity contribution in [1.82, 2.24) is 15.5 Å². The molecule has 1 aliphatic heterocycles. The Hall–Kier alpha value is -3.08. The summed E-state index contributed by atoms with van der Waals surface area (Å²) in [5.41, 5.74) is 0.316. The highest BCUT2D eigenvalue weighted by Crippen LogP contribution is 2.12. The van der Waals surface area contributed by atoms with E-state index in [2.05, 4.69) is 10.6 Å². The van der Waals surface area contributed by atoms with E-state index < -0.39 is 11.7 Å². The van der Waals surface area contributed by atoms with Crippen LogP contribution in [0.1, 0.15) is 49.5 Å². The normalized spacial score (nSPS) is 14.7. The summed E-state index contributed by atoms with van der Waals surface area (Å²) in [4.78, 5) is 37.9. The number of rotatable bonds is 4. The Bertz CT molecular complexity index is 754. The van der Waals surface area contributed by atoms with Crippen LogP contribution in [-0.2, 0) is 9.53 Å². The molecule has 0 aromatic heterocycles. The minimum atomic E-state index is -0.548. The van der Waals surface area contributed by atoms with E-state index in [-0.39, 0.29) is 24.4 Å². The summed E-state index contributed by atoms with van der Waals surface area (Å²) < 4.78 is 5.24. The van der Waals surface area contributed by atoms with Crippen molar-refractivity contribution < 1.29 is 19.1 Å². The number of benzene rings is 1. The molecule has 2 rings (SSSR count). The van der Waals surface area contributed by atoms with E-state index in [0.717, 1.165) is 0 Å². The predicted octanol–water partition coefficient (Wildman–Crippen LogP) is 1.80. The molecule has 3 amide bonds. The third-order valence-corrected chi connectivity index (χ3v) is 4.24. The van der Waals surface area contributed by atoms with Gasteiger partial charge in [-0.1, -0.05) is 0 Å². The molecule has 1 aromatic rings. The maximum atomic E-state index is 12.3. The van der Waals surface area contributed by atoms with Gasteiger partial charge < -0.3 is 20.3 Å². The Labute approximate surface area is 164 Å². The molecule has 0 spiro atoms. The van der Waals surface area contributed by atoms with Crippen molar-refractivity contribution in [3.63, 3.8) is 0 Å². The monoisotopic (exact) mass is 386 g/mol. The van der Waals surface area contributed by atoms with E-state index >= 15 is 0 Å². The number of nitriles is 1. The molecule has 8 heteroatoms. The van der Waals surface area contributed by atoms with Crippen LogP contribution in [-0.4, -0.2) is 54.1 Å². The first-order chi connectivity index (χ1) is 13.2. The molecule has 1 heterocycles. The van der Waals surface area contributed by atoms with Gasteiger partial charge in [-0.2, -0.15) is 5.26 Å². The molecule has 1 fully saturated rings. The maximum absolute atomic E-state index is 12.3. The molecule has 1 saturated heterocycles. The summed E-state index contributed by atoms with van der Waals surface area (Å²) in [7, 11) is 0. The van der Waals surface area contributed by atoms with Crippen molar-refractivity contribution in [2.75, 3.05) is 19.6 Å². The molecule has 28 heavy (non-hydrogen) atoms. The molecule has 1 aliphatic rings. The van der Waals surface area contributed by atoms with Crippen LogP contribution in [0.15, 0.2) is 24.3 Å². The largest absolute Gasteiger partial charge is 0.444 e. The molecule has 0 bridgehead atoms. The van der Waals surface area contributed by atoms with E-state index in [1.165, 1.54) is 0 Å². The van der Waals surface area contributed by atoms with Crippen LogP contribution in [0, 0.1) is 11.3 Å². The van der Waals surface area contributed by atoms with Crippen LogP contribution < -0.4 is 10.6 Å². The highest BCUT2D eigenvalue weighted by atomic mass is 16.6. The van der Waals surface area contributed by atoms with Crippen LogP contribution >= 0.6 is 0 Å². The van der Waals surface area contributed by atoms with Crippen molar-refractivity contribution in [1.29, 1.82) is 5.26 Å². The van der Waals surface area contributed by atoms with Gasteiger partial charge in [0.2, 0.25) is 5.91 Å². The lowest BCUT2D eigenvalue weighted by Gasteiger charge is -2.33. The number of hydrogen-bond donors (Lipinski definition) is 2. The fraction of sp³-hybridized carbons (Fsp3) is 0.500. The summed E-state index contributed by atoms with van der Waals surface area (Å²) >= 11 is 0. The van der Waals surface area contributed by atoms with Gasteiger partial charge in [-0.15, -0.1) is 0 Å². The van der Waals surface area contributed by atoms with Crippen LogP contribution in [0.25, 0.3) is 0 Å². The van der Waals surface area contributed by atoms with E-state index in [4.69, 9.17) is 10.00 Å². The van der Waals surface area contributed by atoms with Gasteiger partial charge in [-0.25, -0.2) is 4.79 Å². The summed E-state index contributed by atoms with van der Waals surface area (Å²) in [6.07, 6.45) is 0.815. The van der Waals surface area contributed by atoms with Gasteiger partial charge in [0.15, 0.2) is 0 Å². The Morgan fingerprint density at radius 1 is 1.18 bits per heavy atom. The second kappa shape index (κ2) is 9.22. The van der Waals surface area contributed by atoms with Gasteiger partial charge in [-0.3, -0.25) is 9.59 Å². The number of nitrogens with zero attached hydrogens (tertiary/aromatic N) is 2. The Balaban J connectivity index is 1.73. The molecule has 0 atom stereocenters. The lowest BCUT2D eigenvalue weighted by atomic mass is 10.1. The fourth-order valence-corrected chi connectivity index (χ4v) is 2.81. The fourth-order valence-electron chi connectivity index (χ4n) is 2.81. The van der Waals surface area contributed by atoms with Crippen molar-refractivity contribution in [2.24, 2.45) is 0 Å². The first-order valence-corrected chi connectivity index (χ1v) is 9.23. The number of amides is 3. The number of hydrogen-bond acceptors (Lipinski definition) is 5. The second-order valence-corrected chi connectivity index (χ2v) is 7.67. The molecular weight excluding hydrogens is 360 g/mol. The third-order valence-electron chi connectivity index (χ3n) is 4.24. The molecule has 0 unspecified atom stereocenters. The molecule has 1 aromatic carbocycles. The summed E-state index contributed by atoms with van der Waals surface area (Å²) in [5.74, 6) is -0.531. The lowest BCUT2D eigenvalue weighted by molar-refractivity contribution is -0.131. The topological polar surface area (TPSA) is 112 Å². The first kappa shape index (κ1) is 21.2. The lowest BCUT2D eigenvalue weighted by Crippen LogP contribution is -2.49. The van der Waals surface area contributed by atoms with Gasteiger partial charge >= 0.3 is 6.09 Å². The van der Waals surface area contributed by atoms with Gasteiger partial charge in [-0.05, 0) is 57.9 Å². The number of nitrogens with one attached hydrogen (secondary N) is 2. The standard InChI is InChI=1S/C20H26N4O4/c1-20(2,3)28-19(27)23-16-8-10-24(11-9-16)17(25)13-22-18(26)15-6-4-14(12-21)5-7-15/h4-7,16H,8-11,13H2,1-3H3,(H,22,26)(H,23,27). The van der Waals surface area contributed by atoms with Crippen molar-refractivity contribution in [3.8, 4) is 6.07 Å². The number of piperidine rings is 1. The van der Waals surface area contributed by atoms with E-state index in [9.17, 15) is 14.4 Å². The first-order valence-electron chi connectivity index (χ1n) is 9.23. The van der Waals surface area contributed by atoms with E-state index in [0.29, 0.717) is 37.1 Å². The van der Waals surface area contributed by atoms with Crippen LogP contribution in [0.5, 0.6) is 0 Å². The van der Waals surface area contributed by atoms with Crippen LogP contribution in [0.3, 0.4) is 0 Å². The minimum absolute atomic E-state index is 0.0351. The average Bonchev–Trinajstić information content (AvgIpc) is 2.65. The molecular formula is C20H26N4O4. The number of likely N-dealkylation sites (tertiary alicyclic amines) is 1. The van der Waals surface area contributed by atoms with Crippen LogP contribution in [0.4, 0.5) is 4.79 Å². The number of alkyl carbamates (subject to hydrolysis) is 1. The quantitative estimate of drug-likeness (QED) is 0.820. The van der Waals surface area contributed by atoms with Gasteiger partial charge in [0.1, 0.15) is 5.60 Å². The summed E-state index contributed by atoms with van der Waals surface area (Å²) in [6.45, 7) is 6.33. The van der Waals surface area contributed by atoms with Crippen molar-refractivity contribution >= 4 is 17.9 Å². The number of carbonyl (C=O) groups is 3. The van der Waals surface area contributed by atoms with Gasteiger partial charge in [0.25, 0.3) is 5.91 Å². The third kappa shape index (κ3) is 6.58. The smallest absolute Gasteiger partial charge is 0.407 e. The SMILES string of the molecule is CC(C)(C)OC(=O)NC1CCN(C(=O)CNC(=O)c2ccc(C#N)cc2)CC1. The average molecular weight is 386 g/mol. The van der Waals surface area contributed by atoms with E-state index in [1.54, 1.807) is 49.9 Å². The zero-order chi connectivity index (χ0) is 20.7. The van der Waals surface area contributed by atoms with Crippen molar-refractivity contribution in [2.45, 2.75) is 45.3 Å². The highest BCUT2D eigenvalue weighted by Gasteiger charge is 2.25. The molecule has 0 aliphatic carbocycles.